The zero-order valence-electron chi connectivity index (χ0n) is 28.9. The number of rotatable bonds is 5. The van der Waals surface area contributed by atoms with Gasteiger partial charge < -0.3 is 0 Å². The number of hydrogen-bond acceptors (Lipinski definition) is 1. The molecule has 52 heavy (non-hydrogen) atoms. The molecule has 2 nitrogen and oxygen atoms in total. The van der Waals surface area contributed by atoms with Gasteiger partial charge in [-0.2, -0.15) is 0 Å². The first-order chi connectivity index (χ1) is 25.7. The van der Waals surface area contributed by atoms with Gasteiger partial charge in [0.05, 0.1) is 11.0 Å². The summed E-state index contributed by atoms with van der Waals surface area (Å²) in [5.74, 6) is 1.09. The number of imidazole rings is 1. The Morgan fingerprint density at radius 1 is 0.577 bits per heavy atom. The van der Waals surface area contributed by atoms with Crippen LogP contribution in [0.15, 0.2) is 200 Å². The van der Waals surface area contributed by atoms with Gasteiger partial charge in [0, 0.05) is 22.6 Å². The maximum Gasteiger partial charge on any atom is 0.145 e. The lowest BCUT2D eigenvalue weighted by atomic mass is 9.57. The van der Waals surface area contributed by atoms with Crippen LogP contribution in [0.4, 0.5) is 0 Å². The van der Waals surface area contributed by atoms with E-state index in [1.165, 1.54) is 55.3 Å². The summed E-state index contributed by atoms with van der Waals surface area (Å²) >= 11 is 0. The molecule has 0 fully saturated rings. The molecule has 0 spiro atoms. The quantitative estimate of drug-likeness (QED) is 0.179. The smallest absolute Gasteiger partial charge is 0.145 e. The van der Waals surface area contributed by atoms with Crippen LogP contribution in [0.3, 0.4) is 0 Å². The molecular formula is C50H36N2. The molecule has 0 saturated carbocycles. The highest BCUT2D eigenvalue weighted by molar-refractivity contribution is 5.93. The van der Waals surface area contributed by atoms with Gasteiger partial charge in [-0.15, -0.1) is 0 Å². The van der Waals surface area contributed by atoms with Crippen molar-refractivity contribution < 1.29 is 0 Å². The minimum atomic E-state index is -0.271. The van der Waals surface area contributed by atoms with E-state index in [4.69, 9.17) is 4.98 Å². The van der Waals surface area contributed by atoms with E-state index in [0.29, 0.717) is 0 Å². The molecule has 1 heterocycles. The Kier molecular flexibility index (Phi) is 7.04. The Morgan fingerprint density at radius 3 is 2.06 bits per heavy atom. The number of nitrogens with zero attached hydrogens (tertiary/aromatic N) is 2. The normalized spacial score (nSPS) is 17.9. The van der Waals surface area contributed by atoms with Crippen LogP contribution in [0.5, 0.6) is 0 Å². The molecule has 0 aliphatic heterocycles. The third-order valence-corrected chi connectivity index (χ3v) is 11.2. The molecule has 1 aromatic heterocycles. The predicted octanol–water partition coefficient (Wildman–Crippen LogP) is 12.2. The Bertz CT molecular complexity index is 2730. The van der Waals surface area contributed by atoms with Gasteiger partial charge in [0.25, 0.3) is 0 Å². The molecule has 2 aliphatic carbocycles. The molecule has 0 bridgehead atoms. The Labute approximate surface area is 304 Å². The van der Waals surface area contributed by atoms with Gasteiger partial charge in [-0.05, 0) is 85.7 Å². The Balaban J connectivity index is 1.13. The molecule has 0 N–H and O–H groups in total. The fraction of sp³-hybridized carbons (Fsp3) is 0.0600. The largest absolute Gasteiger partial charge is 0.292 e. The molecule has 2 aliphatic rings. The van der Waals surface area contributed by atoms with Crippen molar-refractivity contribution in [2.24, 2.45) is 5.92 Å². The number of fused-ring (bicyclic) bond motifs is 4. The molecule has 0 radical (unpaired) electrons. The molecule has 246 valence electrons. The molecule has 2 heteroatoms. The molecule has 7 aromatic carbocycles. The molecule has 10 rings (SSSR count). The summed E-state index contributed by atoms with van der Waals surface area (Å²) < 4.78 is 2.28. The summed E-state index contributed by atoms with van der Waals surface area (Å²) in [6.45, 7) is 2.44. The highest BCUT2D eigenvalue weighted by Crippen LogP contribution is 2.55. The fourth-order valence-electron chi connectivity index (χ4n) is 8.64. The number of aromatic nitrogens is 2. The average Bonchev–Trinajstić information content (AvgIpc) is 3.61. The minimum absolute atomic E-state index is 0.146. The molecule has 8 aromatic rings. The van der Waals surface area contributed by atoms with Crippen LogP contribution in [-0.2, 0) is 5.41 Å². The first-order valence-electron chi connectivity index (χ1n) is 18.1. The number of benzene rings is 7. The van der Waals surface area contributed by atoms with Gasteiger partial charge in [0.2, 0.25) is 0 Å². The Morgan fingerprint density at radius 2 is 1.25 bits per heavy atom. The van der Waals surface area contributed by atoms with Crippen molar-refractivity contribution in [2.75, 3.05) is 0 Å². The SMILES string of the molecule is CC1(c2ccc3ccccc3c2)c2ccccc2C(c2ccccc2)=C2C=C(c3ccc(-n4c(-c5ccccc5)nc5ccccc54)cc3)C=CC21. The first-order valence-corrected chi connectivity index (χ1v) is 18.1. The fourth-order valence-corrected chi connectivity index (χ4v) is 8.64. The molecule has 2 unspecified atom stereocenters. The van der Waals surface area contributed by atoms with Gasteiger partial charge in [0.1, 0.15) is 5.82 Å². The summed E-state index contributed by atoms with van der Waals surface area (Å²) in [4.78, 5) is 5.06. The van der Waals surface area contributed by atoms with Crippen molar-refractivity contribution in [3.63, 3.8) is 0 Å². The van der Waals surface area contributed by atoms with Crippen molar-refractivity contribution in [3.05, 3.63) is 228 Å². The lowest BCUT2D eigenvalue weighted by molar-refractivity contribution is 0.463. The summed E-state index contributed by atoms with van der Waals surface area (Å²) in [6.07, 6.45) is 7.27. The first kappa shape index (κ1) is 30.3. The van der Waals surface area contributed by atoms with E-state index in [1.807, 2.05) is 0 Å². The zero-order chi connectivity index (χ0) is 34.6. The summed E-state index contributed by atoms with van der Waals surface area (Å²) in [5, 5.41) is 2.54. The molecule has 2 atom stereocenters. The van der Waals surface area contributed by atoms with Crippen molar-refractivity contribution in [1.82, 2.24) is 9.55 Å². The maximum absolute atomic E-state index is 5.06. The van der Waals surface area contributed by atoms with E-state index in [0.717, 1.165) is 28.1 Å². The third kappa shape index (κ3) is 4.76. The predicted molar refractivity (Wildman–Crippen MR) is 216 cm³/mol. The van der Waals surface area contributed by atoms with Crippen LogP contribution in [-0.4, -0.2) is 9.55 Å². The maximum atomic E-state index is 5.06. The minimum Gasteiger partial charge on any atom is -0.292 e. The van der Waals surface area contributed by atoms with Crippen molar-refractivity contribution >= 4 is 33.0 Å². The third-order valence-electron chi connectivity index (χ3n) is 11.2. The van der Waals surface area contributed by atoms with E-state index in [-0.39, 0.29) is 11.3 Å². The van der Waals surface area contributed by atoms with Crippen molar-refractivity contribution in [1.29, 1.82) is 0 Å². The highest BCUT2D eigenvalue weighted by Gasteiger charge is 2.45. The zero-order valence-corrected chi connectivity index (χ0v) is 28.9. The van der Waals surface area contributed by atoms with E-state index < -0.39 is 0 Å². The van der Waals surface area contributed by atoms with Crippen LogP contribution in [0, 0.1) is 5.92 Å². The summed E-state index contributed by atoms with van der Waals surface area (Å²) in [7, 11) is 0. The second-order valence-corrected chi connectivity index (χ2v) is 14.1. The molecule has 0 amide bonds. The topological polar surface area (TPSA) is 17.8 Å². The van der Waals surface area contributed by atoms with E-state index in [9.17, 15) is 0 Å². The van der Waals surface area contributed by atoms with E-state index >= 15 is 0 Å². The van der Waals surface area contributed by atoms with Crippen LogP contribution >= 0.6 is 0 Å². The van der Waals surface area contributed by atoms with Crippen LogP contribution < -0.4 is 0 Å². The van der Waals surface area contributed by atoms with Crippen molar-refractivity contribution in [2.45, 2.75) is 12.3 Å². The summed E-state index contributed by atoms with van der Waals surface area (Å²) in [5.41, 5.74) is 14.3. The number of para-hydroxylation sites is 2. The second-order valence-electron chi connectivity index (χ2n) is 14.1. The van der Waals surface area contributed by atoms with E-state index in [1.54, 1.807) is 0 Å². The van der Waals surface area contributed by atoms with Gasteiger partial charge in [-0.3, -0.25) is 4.57 Å². The lowest BCUT2D eigenvalue weighted by Crippen LogP contribution is -2.38. The summed E-state index contributed by atoms with van der Waals surface area (Å²) in [6, 6.07) is 63.6. The molecule has 0 saturated heterocycles. The standard InChI is InChI=1S/C50H36N2/c1-50(40-28-24-34-14-8-9-19-38(34)32-40)44-21-11-10-20-42(44)48(36-15-4-2-5-16-36)43-33-39(27-31-45(43)50)35-25-29-41(30-26-35)52-47-23-13-12-22-46(47)51-49(52)37-17-6-3-7-18-37/h2-33,45H,1H3. The monoisotopic (exact) mass is 664 g/mol. The number of allylic oxidation sites excluding steroid dienone is 5. The van der Waals surface area contributed by atoms with Crippen LogP contribution in [0.2, 0.25) is 0 Å². The molecular weight excluding hydrogens is 629 g/mol. The second kappa shape index (κ2) is 12.1. The van der Waals surface area contributed by atoms with Crippen molar-refractivity contribution in [3.8, 4) is 17.1 Å². The van der Waals surface area contributed by atoms with Gasteiger partial charge in [0.15, 0.2) is 0 Å². The Hall–Kier alpha value is -6.51. The average molecular weight is 665 g/mol. The lowest BCUT2D eigenvalue weighted by Gasteiger charge is -2.45. The number of hydrogen-bond donors (Lipinski definition) is 0. The van der Waals surface area contributed by atoms with Crippen LogP contribution in [0.1, 0.15) is 34.7 Å². The van der Waals surface area contributed by atoms with Gasteiger partial charge in [-0.25, -0.2) is 4.98 Å². The van der Waals surface area contributed by atoms with Gasteiger partial charge >= 0.3 is 0 Å². The van der Waals surface area contributed by atoms with Crippen LogP contribution in [0.25, 0.3) is 50.0 Å². The van der Waals surface area contributed by atoms with E-state index in [2.05, 4.69) is 206 Å². The highest BCUT2D eigenvalue weighted by atomic mass is 15.1. The van der Waals surface area contributed by atoms with Gasteiger partial charge in [-0.1, -0.05) is 171 Å².